The van der Waals surface area contributed by atoms with Crippen LogP contribution in [0.1, 0.15) is 5.69 Å². The Bertz CT molecular complexity index is 652. The highest BCUT2D eigenvalue weighted by molar-refractivity contribution is 7.99. The summed E-state index contributed by atoms with van der Waals surface area (Å²) < 4.78 is 1.16. The molecule has 0 aliphatic heterocycles. The van der Waals surface area contributed by atoms with Crippen LogP contribution in [-0.4, -0.2) is 38.1 Å². The van der Waals surface area contributed by atoms with Gasteiger partial charge in [0.1, 0.15) is 6.54 Å². The van der Waals surface area contributed by atoms with Crippen molar-refractivity contribution in [1.82, 2.24) is 30.5 Å². The van der Waals surface area contributed by atoms with E-state index in [0.29, 0.717) is 10.2 Å². The van der Waals surface area contributed by atoms with Gasteiger partial charge < -0.3 is 5.32 Å². The maximum atomic E-state index is 11.7. The Labute approximate surface area is 116 Å². The predicted octanol–water partition coefficient (Wildman–Crippen LogP) is -0.305. The first-order valence-electron chi connectivity index (χ1n) is 5.21. The van der Waals surface area contributed by atoms with Gasteiger partial charge in [0, 0.05) is 18.1 Å². The molecule has 1 amide bonds. The van der Waals surface area contributed by atoms with Crippen LogP contribution in [0.4, 0.5) is 0 Å². The molecule has 8 nitrogen and oxygen atoms in total. The molecule has 2 heterocycles. The fourth-order valence-corrected chi connectivity index (χ4v) is 2.63. The molecule has 2 aromatic heterocycles. The molecule has 19 heavy (non-hydrogen) atoms. The van der Waals surface area contributed by atoms with Crippen LogP contribution >= 0.6 is 23.1 Å². The first-order chi connectivity index (χ1) is 9.10. The zero-order valence-corrected chi connectivity index (χ0v) is 11.8. The molecule has 0 spiro atoms. The molecule has 0 saturated carbocycles. The molecule has 0 radical (unpaired) electrons. The minimum Gasteiger partial charge on any atom is -0.358 e. The molecular formula is C9H10N6O2S2. The number of amides is 1. The Morgan fingerprint density at radius 3 is 3.11 bits per heavy atom. The zero-order valence-electron chi connectivity index (χ0n) is 10.2. The van der Waals surface area contributed by atoms with E-state index in [1.165, 1.54) is 11.7 Å². The number of aromatic nitrogens is 5. The third kappa shape index (κ3) is 3.35. The third-order valence-corrected chi connectivity index (χ3v) is 3.99. The molecule has 0 aliphatic carbocycles. The van der Waals surface area contributed by atoms with Gasteiger partial charge in [-0.1, -0.05) is 11.3 Å². The quantitative estimate of drug-likeness (QED) is 0.826. The van der Waals surface area contributed by atoms with Crippen molar-refractivity contribution in [1.29, 1.82) is 0 Å². The average Bonchev–Trinajstić information content (AvgIpc) is 2.81. The molecule has 2 rings (SSSR count). The smallest absolute Gasteiger partial charge is 0.265 e. The number of carbonyl (C=O) groups excluding carboxylic acids is 1. The lowest BCUT2D eigenvalue weighted by atomic mass is 10.6. The number of hydrogen-bond acceptors (Lipinski definition) is 8. The van der Waals surface area contributed by atoms with E-state index in [2.05, 4.69) is 25.8 Å². The van der Waals surface area contributed by atoms with Crippen molar-refractivity contribution in [3.05, 3.63) is 20.6 Å². The van der Waals surface area contributed by atoms with Crippen molar-refractivity contribution in [2.24, 2.45) is 0 Å². The Morgan fingerprint density at radius 2 is 2.37 bits per heavy atom. The van der Waals surface area contributed by atoms with E-state index in [-0.39, 0.29) is 17.2 Å². The van der Waals surface area contributed by atoms with Gasteiger partial charge in [-0.05, 0) is 29.1 Å². The number of hydrogen-bond donors (Lipinski definition) is 1. The fourth-order valence-electron chi connectivity index (χ4n) is 1.16. The number of aryl methyl sites for hydroxylation is 1. The highest BCUT2D eigenvalue weighted by Gasteiger charge is 2.14. The Hall–Kier alpha value is -1.81. The second-order valence-corrected chi connectivity index (χ2v) is 5.27. The van der Waals surface area contributed by atoms with Gasteiger partial charge in [0.05, 0.1) is 0 Å². The molecule has 2 aromatic rings. The molecule has 0 saturated heterocycles. The van der Waals surface area contributed by atoms with Gasteiger partial charge in [0.25, 0.3) is 4.74 Å². The van der Waals surface area contributed by atoms with E-state index in [1.54, 1.807) is 12.3 Å². The fraction of sp³-hybridized carbons (Fsp3) is 0.333. The molecular weight excluding hydrogens is 288 g/mol. The van der Waals surface area contributed by atoms with Crippen molar-refractivity contribution in [2.75, 3.05) is 7.05 Å². The lowest BCUT2D eigenvalue weighted by Crippen LogP contribution is -2.24. The third-order valence-electron chi connectivity index (χ3n) is 2.05. The molecule has 0 bridgehead atoms. The van der Waals surface area contributed by atoms with Crippen LogP contribution in [0.3, 0.4) is 0 Å². The molecule has 0 aliphatic rings. The largest absolute Gasteiger partial charge is 0.358 e. The van der Waals surface area contributed by atoms with Crippen molar-refractivity contribution in [3.8, 4) is 0 Å². The summed E-state index contributed by atoms with van der Waals surface area (Å²) in [6.45, 7) is 1.79. The van der Waals surface area contributed by atoms with Crippen LogP contribution in [0, 0.1) is 6.92 Å². The van der Waals surface area contributed by atoms with Crippen LogP contribution in [0.15, 0.2) is 20.4 Å². The monoisotopic (exact) mass is 298 g/mol. The molecule has 0 aromatic carbocycles. The standard InChI is InChI=1S/C9H10N6O2S2/c1-5-4-18-8(17)7(11-5)19-9-12-13-14-15(9)3-6(16)10-2/h4H,3H2,1-2H3,(H,10,16). The minimum atomic E-state index is -0.225. The minimum absolute atomic E-state index is 0.00469. The summed E-state index contributed by atoms with van der Waals surface area (Å²) in [5.74, 6) is -0.225. The first kappa shape index (κ1) is 13.6. The Balaban J connectivity index is 2.24. The van der Waals surface area contributed by atoms with Crippen LogP contribution in [0.25, 0.3) is 0 Å². The lowest BCUT2D eigenvalue weighted by Gasteiger charge is -2.02. The lowest BCUT2D eigenvalue weighted by molar-refractivity contribution is -0.121. The molecule has 0 unspecified atom stereocenters. The van der Waals surface area contributed by atoms with Crippen molar-refractivity contribution < 1.29 is 4.79 Å². The van der Waals surface area contributed by atoms with Gasteiger partial charge in [0.15, 0.2) is 5.03 Å². The summed E-state index contributed by atoms with van der Waals surface area (Å²) in [6.07, 6.45) is 0. The van der Waals surface area contributed by atoms with Crippen molar-refractivity contribution >= 4 is 29.0 Å². The summed E-state index contributed by atoms with van der Waals surface area (Å²) in [5, 5.41) is 15.8. The first-order valence-corrected chi connectivity index (χ1v) is 6.91. The van der Waals surface area contributed by atoms with E-state index in [9.17, 15) is 9.59 Å². The summed E-state index contributed by atoms with van der Waals surface area (Å²) in [4.78, 5) is 27.1. The van der Waals surface area contributed by atoms with Crippen LogP contribution in [0.5, 0.6) is 0 Å². The van der Waals surface area contributed by atoms with Crippen LogP contribution in [0.2, 0.25) is 0 Å². The van der Waals surface area contributed by atoms with E-state index in [1.807, 2.05) is 0 Å². The molecule has 10 heteroatoms. The summed E-state index contributed by atoms with van der Waals surface area (Å²) >= 11 is 2.12. The number of nitrogens with one attached hydrogen (secondary N) is 1. The second kappa shape index (κ2) is 5.89. The van der Waals surface area contributed by atoms with Crippen LogP contribution < -0.4 is 10.1 Å². The summed E-state index contributed by atoms with van der Waals surface area (Å²) in [7, 11) is 1.53. The van der Waals surface area contributed by atoms with Crippen molar-refractivity contribution in [2.45, 2.75) is 23.7 Å². The number of carbonyl (C=O) groups is 1. The number of rotatable bonds is 4. The predicted molar refractivity (Wildman–Crippen MR) is 69.1 cm³/mol. The van der Waals surface area contributed by atoms with E-state index < -0.39 is 0 Å². The van der Waals surface area contributed by atoms with Crippen molar-refractivity contribution in [3.63, 3.8) is 0 Å². The van der Waals surface area contributed by atoms with E-state index in [4.69, 9.17) is 0 Å². The number of tetrazole rings is 1. The summed E-state index contributed by atoms with van der Waals surface area (Å²) in [6, 6.07) is 0. The van der Waals surface area contributed by atoms with Gasteiger partial charge >= 0.3 is 0 Å². The SMILES string of the molecule is CNC(=O)Cn1nnnc1Sc1nc(C)csc1=O. The van der Waals surface area contributed by atoms with E-state index >= 15 is 0 Å². The highest BCUT2D eigenvalue weighted by Crippen LogP contribution is 2.21. The van der Waals surface area contributed by atoms with E-state index in [0.717, 1.165) is 28.8 Å². The molecule has 0 fully saturated rings. The van der Waals surface area contributed by atoms with Gasteiger partial charge in [0.2, 0.25) is 11.1 Å². The van der Waals surface area contributed by atoms with Gasteiger partial charge in [-0.25, -0.2) is 9.67 Å². The Morgan fingerprint density at radius 1 is 1.58 bits per heavy atom. The van der Waals surface area contributed by atoms with Gasteiger partial charge in [-0.2, -0.15) is 0 Å². The maximum Gasteiger partial charge on any atom is 0.265 e. The maximum absolute atomic E-state index is 11.7. The zero-order chi connectivity index (χ0) is 13.8. The molecule has 100 valence electrons. The highest BCUT2D eigenvalue weighted by atomic mass is 32.2. The Kier molecular flexibility index (Phi) is 4.22. The van der Waals surface area contributed by atoms with Gasteiger partial charge in [-0.3, -0.25) is 9.59 Å². The normalized spacial score (nSPS) is 10.4. The molecule has 1 N–H and O–H groups in total. The molecule has 0 atom stereocenters. The second-order valence-electron chi connectivity index (χ2n) is 3.48. The summed E-state index contributed by atoms with van der Waals surface area (Å²) in [5.41, 5.74) is 0.748. The topological polar surface area (TPSA) is 103 Å². The average molecular weight is 298 g/mol. The van der Waals surface area contributed by atoms with Gasteiger partial charge in [-0.15, -0.1) is 5.10 Å². The number of likely N-dealkylation sites (N-methyl/N-ethyl adjacent to an activating group) is 1. The number of nitrogens with zero attached hydrogens (tertiary/aromatic N) is 5. The van der Waals surface area contributed by atoms with Crippen LogP contribution in [-0.2, 0) is 11.3 Å².